The van der Waals surface area contributed by atoms with Crippen molar-refractivity contribution in [3.8, 4) is 0 Å². The van der Waals surface area contributed by atoms with Gasteiger partial charge in [0.05, 0.1) is 23.4 Å². The largest absolute Gasteiger partial charge is 0.305 e. The molecule has 3 nitrogen and oxygen atoms in total. The third-order valence-electron chi connectivity index (χ3n) is 2.46. The van der Waals surface area contributed by atoms with E-state index in [1.54, 1.807) is 17.8 Å². The van der Waals surface area contributed by atoms with Crippen LogP contribution in [-0.4, -0.2) is 16.5 Å². The number of rotatable bonds is 5. The molecule has 0 aliphatic heterocycles. The first-order chi connectivity index (χ1) is 8.33. The molecule has 1 N–H and O–H groups in total. The average Bonchev–Trinajstić information content (AvgIpc) is 2.85. The topological polar surface area (TPSA) is 37.8 Å². The van der Waals surface area contributed by atoms with Crippen LogP contribution in [0.4, 0.5) is 4.39 Å². The molecule has 0 aromatic carbocycles. The summed E-state index contributed by atoms with van der Waals surface area (Å²) >= 11 is 1.51. The first kappa shape index (κ1) is 12.1. The monoisotopic (exact) mass is 251 g/mol. The minimum Gasteiger partial charge on any atom is -0.305 e. The van der Waals surface area contributed by atoms with E-state index >= 15 is 0 Å². The zero-order valence-electron chi connectivity index (χ0n) is 9.56. The molecule has 0 aliphatic rings. The fourth-order valence-corrected chi connectivity index (χ4v) is 2.23. The van der Waals surface area contributed by atoms with Gasteiger partial charge in [0.25, 0.3) is 0 Å². The number of hydrogen-bond acceptors (Lipinski definition) is 4. The lowest BCUT2D eigenvalue weighted by molar-refractivity contribution is 0.537. The van der Waals surface area contributed by atoms with E-state index in [1.165, 1.54) is 17.5 Å². The SMILES string of the molecule is CCCNC(c1cscn1)c1ccncc1F. The number of halogens is 1. The molecule has 17 heavy (non-hydrogen) atoms. The molecule has 2 heterocycles. The van der Waals surface area contributed by atoms with Gasteiger partial charge < -0.3 is 5.32 Å². The van der Waals surface area contributed by atoms with Gasteiger partial charge in [0.15, 0.2) is 0 Å². The van der Waals surface area contributed by atoms with Crippen molar-refractivity contribution < 1.29 is 4.39 Å². The predicted molar refractivity (Wildman–Crippen MR) is 66.4 cm³/mol. The van der Waals surface area contributed by atoms with Crippen LogP contribution in [0, 0.1) is 5.82 Å². The molecule has 0 saturated heterocycles. The normalized spacial score (nSPS) is 12.6. The number of nitrogens with zero attached hydrogens (tertiary/aromatic N) is 2. The minimum atomic E-state index is -0.297. The molecule has 0 fully saturated rings. The zero-order valence-corrected chi connectivity index (χ0v) is 10.4. The van der Waals surface area contributed by atoms with Gasteiger partial charge in [0.1, 0.15) is 5.82 Å². The molecular weight excluding hydrogens is 237 g/mol. The van der Waals surface area contributed by atoms with E-state index in [0.717, 1.165) is 18.7 Å². The standard InChI is InChI=1S/C12H14FN3S/c1-2-4-15-12(11-7-17-8-16-11)9-3-5-14-6-10(9)13/h3,5-8,12,15H,2,4H2,1H3. The van der Waals surface area contributed by atoms with Gasteiger partial charge >= 0.3 is 0 Å². The van der Waals surface area contributed by atoms with E-state index in [-0.39, 0.29) is 11.9 Å². The Hall–Kier alpha value is -1.33. The lowest BCUT2D eigenvalue weighted by atomic mass is 10.1. The van der Waals surface area contributed by atoms with Crippen molar-refractivity contribution in [1.82, 2.24) is 15.3 Å². The minimum absolute atomic E-state index is 0.191. The quantitative estimate of drug-likeness (QED) is 0.888. The maximum absolute atomic E-state index is 13.7. The number of pyridine rings is 1. The second-order valence-corrected chi connectivity index (χ2v) is 4.42. The smallest absolute Gasteiger partial charge is 0.146 e. The van der Waals surface area contributed by atoms with E-state index in [1.807, 2.05) is 5.38 Å². The van der Waals surface area contributed by atoms with Crippen LogP contribution < -0.4 is 5.32 Å². The van der Waals surface area contributed by atoms with Crippen LogP contribution in [-0.2, 0) is 0 Å². The van der Waals surface area contributed by atoms with E-state index in [4.69, 9.17) is 0 Å². The van der Waals surface area contributed by atoms with Crippen molar-refractivity contribution in [2.24, 2.45) is 0 Å². The molecule has 1 atom stereocenters. The van der Waals surface area contributed by atoms with Gasteiger partial charge in [-0.3, -0.25) is 4.98 Å². The van der Waals surface area contributed by atoms with Crippen LogP contribution in [0.15, 0.2) is 29.4 Å². The summed E-state index contributed by atoms with van der Waals surface area (Å²) in [6.45, 7) is 2.90. The van der Waals surface area contributed by atoms with Crippen molar-refractivity contribution >= 4 is 11.3 Å². The molecule has 0 bridgehead atoms. The van der Waals surface area contributed by atoms with E-state index in [2.05, 4.69) is 22.2 Å². The van der Waals surface area contributed by atoms with Crippen molar-refractivity contribution in [3.05, 3.63) is 46.4 Å². The summed E-state index contributed by atoms with van der Waals surface area (Å²) in [5, 5.41) is 5.24. The molecule has 0 spiro atoms. The van der Waals surface area contributed by atoms with Crippen molar-refractivity contribution in [2.45, 2.75) is 19.4 Å². The summed E-state index contributed by atoms with van der Waals surface area (Å²) in [4.78, 5) is 8.02. The highest BCUT2D eigenvalue weighted by Gasteiger charge is 2.18. The van der Waals surface area contributed by atoms with Gasteiger partial charge in [-0.2, -0.15) is 0 Å². The fourth-order valence-electron chi connectivity index (χ4n) is 1.65. The molecule has 2 aromatic heterocycles. The second-order valence-electron chi connectivity index (χ2n) is 3.70. The molecule has 1 unspecified atom stereocenters. The molecule has 2 rings (SSSR count). The third-order valence-corrected chi connectivity index (χ3v) is 3.07. The summed E-state index contributed by atoms with van der Waals surface area (Å²) in [6.07, 6.45) is 3.83. The Labute approximate surface area is 104 Å². The van der Waals surface area contributed by atoms with Gasteiger partial charge in [-0.1, -0.05) is 6.92 Å². The molecule has 0 amide bonds. The van der Waals surface area contributed by atoms with E-state index in [0.29, 0.717) is 5.56 Å². The van der Waals surface area contributed by atoms with Crippen molar-refractivity contribution in [3.63, 3.8) is 0 Å². The van der Waals surface area contributed by atoms with Crippen molar-refractivity contribution in [2.75, 3.05) is 6.54 Å². The molecule has 0 aliphatic carbocycles. The number of nitrogens with one attached hydrogen (secondary N) is 1. The van der Waals surface area contributed by atoms with E-state index in [9.17, 15) is 4.39 Å². The van der Waals surface area contributed by atoms with Gasteiger partial charge in [-0.15, -0.1) is 11.3 Å². The summed E-state index contributed by atoms with van der Waals surface area (Å²) in [5.41, 5.74) is 3.21. The molecule has 2 aromatic rings. The lowest BCUT2D eigenvalue weighted by Crippen LogP contribution is -2.24. The molecule has 0 radical (unpaired) electrons. The highest BCUT2D eigenvalue weighted by Crippen LogP contribution is 2.23. The molecule has 90 valence electrons. The lowest BCUT2D eigenvalue weighted by Gasteiger charge is -2.17. The molecular formula is C12H14FN3S. The van der Waals surface area contributed by atoms with E-state index < -0.39 is 0 Å². The van der Waals surface area contributed by atoms with Crippen LogP contribution in [0.5, 0.6) is 0 Å². The van der Waals surface area contributed by atoms with Gasteiger partial charge in [0.2, 0.25) is 0 Å². The second kappa shape index (κ2) is 5.84. The van der Waals surface area contributed by atoms with Crippen LogP contribution in [0.3, 0.4) is 0 Å². The third kappa shape index (κ3) is 2.87. The van der Waals surface area contributed by atoms with Crippen LogP contribution in [0.25, 0.3) is 0 Å². The Balaban J connectivity index is 2.30. The highest BCUT2D eigenvalue weighted by atomic mass is 32.1. The number of hydrogen-bond donors (Lipinski definition) is 1. The Bertz CT molecular complexity index is 459. The molecule has 0 saturated carbocycles. The average molecular weight is 251 g/mol. The Morgan fingerprint density at radius 1 is 1.53 bits per heavy atom. The predicted octanol–water partition coefficient (Wildman–Crippen LogP) is 2.77. The Kier molecular flexibility index (Phi) is 4.17. The van der Waals surface area contributed by atoms with Gasteiger partial charge in [-0.05, 0) is 19.0 Å². The Morgan fingerprint density at radius 2 is 2.41 bits per heavy atom. The van der Waals surface area contributed by atoms with Gasteiger partial charge in [-0.25, -0.2) is 9.37 Å². The first-order valence-electron chi connectivity index (χ1n) is 5.53. The number of aromatic nitrogens is 2. The zero-order chi connectivity index (χ0) is 12.1. The van der Waals surface area contributed by atoms with Crippen LogP contribution in [0.2, 0.25) is 0 Å². The first-order valence-corrected chi connectivity index (χ1v) is 6.48. The summed E-state index contributed by atoms with van der Waals surface area (Å²) in [5.74, 6) is -0.297. The summed E-state index contributed by atoms with van der Waals surface area (Å²) < 4.78 is 13.7. The Morgan fingerprint density at radius 3 is 3.06 bits per heavy atom. The maximum atomic E-state index is 13.7. The summed E-state index contributed by atoms with van der Waals surface area (Å²) in [7, 11) is 0. The number of thiazole rings is 1. The van der Waals surface area contributed by atoms with Gasteiger partial charge in [0, 0.05) is 17.1 Å². The van der Waals surface area contributed by atoms with Crippen LogP contribution >= 0.6 is 11.3 Å². The highest BCUT2D eigenvalue weighted by molar-refractivity contribution is 7.07. The maximum Gasteiger partial charge on any atom is 0.146 e. The summed E-state index contributed by atoms with van der Waals surface area (Å²) in [6, 6.07) is 1.51. The van der Waals surface area contributed by atoms with Crippen molar-refractivity contribution in [1.29, 1.82) is 0 Å². The molecule has 5 heteroatoms. The fraction of sp³-hybridized carbons (Fsp3) is 0.333. The van der Waals surface area contributed by atoms with Crippen LogP contribution in [0.1, 0.15) is 30.6 Å².